The smallest absolute Gasteiger partial charge is 0.320 e. The van der Waals surface area contributed by atoms with Gasteiger partial charge in [0.15, 0.2) is 0 Å². The van der Waals surface area contributed by atoms with E-state index in [1.54, 1.807) is 0 Å². The molecule has 0 aromatic rings. The lowest BCUT2D eigenvalue weighted by Crippen LogP contribution is -2.52. The van der Waals surface area contributed by atoms with Crippen LogP contribution in [0.15, 0.2) is 0 Å². The summed E-state index contributed by atoms with van der Waals surface area (Å²) in [6.07, 6.45) is 2.98. The van der Waals surface area contributed by atoms with Gasteiger partial charge in [-0.1, -0.05) is 0 Å². The predicted molar refractivity (Wildman–Crippen MR) is 70.7 cm³/mol. The summed E-state index contributed by atoms with van der Waals surface area (Å²) in [6, 6.07) is 0.611. The molecule has 0 radical (unpaired) electrons. The molecule has 2 atom stereocenters. The Kier molecular flexibility index (Phi) is 4.59. The van der Waals surface area contributed by atoms with Gasteiger partial charge in [0, 0.05) is 38.3 Å². The van der Waals surface area contributed by atoms with E-state index < -0.39 is 5.97 Å². The van der Waals surface area contributed by atoms with Gasteiger partial charge in [-0.3, -0.25) is 9.69 Å². The third kappa shape index (κ3) is 3.93. The van der Waals surface area contributed by atoms with Crippen LogP contribution in [0.3, 0.4) is 0 Å². The SMILES string of the molecule is CC1CN(C)CCN1CCC(NC1CC1)C(=O)O. The molecule has 2 rings (SSSR count). The summed E-state index contributed by atoms with van der Waals surface area (Å²) >= 11 is 0. The molecule has 0 spiro atoms. The van der Waals surface area contributed by atoms with Crippen LogP contribution in [-0.4, -0.2) is 72.2 Å². The summed E-state index contributed by atoms with van der Waals surface area (Å²) in [5.41, 5.74) is 0. The van der Waals surface area contributed by atoms with Crippen molar-refractivity contribution >= 4 is 5.97 Å². The van der Waals surface area contributed by atoms with E-state index in [1.807, 2.05) is 0 Å². The maximum atomic E-state index is 11.2. The average molecular weight is 255 g/mol. The fourth-order valence-corrected chi connectivity index (χ4v) is 2.62. The van der Waals surface area contributed by atoms with E-state index in [0.29, 0.717) is 18.5 Å². The molecule has 2 N–H and O–H groups in total. The highest BCUT2D eigenvalue weighted by molar-refractivity contribution is 5.73. The van der Waals surface area contributed by atoms with Gasteiger partial charge in [-0.2, -0.15) is 0 Å². The zero-order valence-electron chi connectivity index (χ0n) is 11.4. The zero-order chi connectivity index (χ0) is 13.1. The molecule has 5 heteroatoms. The van der Waals surface area contributed by atoms with Crippen LogP contribution < -0.4 is 5.32 Å². The number of carboxylic acids is 1. The first-order valence-electron chi connectivity index (χ1n) is 6.97. The number of carboxylic acid groups (broad SMARTS) is 1. The van der Waals surface area contributed by atoms with Crippen molar-refractivity contribution in [2.75, 3.05) is 33.2 Å². The molecule has 2 aliphatic rings. The van der Waals surface area contributed by atoms with Crippen LogP contribution in [0.5, 0.6) is 0 Å². The van der Waals surface area contributed by atoms with E-state index in [1.165, 1.54) is 0 Å². The molecule has 0 aromatic carbocycles. The minimum Gasteiger partial charge on any atom is -0.480 e. The second kappa shape index (κ2) is 5.99. The van der Waals surface area contributed by atoms with Gasteiger partial charge in [0.1, 0.15) is 6.04 Å². The van der Waals surface area contributed by atoms with Crippen molar-refractivity contribution in [3.63, 3.8) is 0 Å². The first-order chi connectivity index (χ1) is 8.56. The predicted octanol–water partition coefficient (Wildman–Crippen LogP) is 0.218. The van der Waals surface area contributed by atoms with Crippen LogP contribution in [-0.2, 0) is 4.79 Å². The highest BCUT2D eigenvalue weighted by atomic mass is 16.4. The molecule has 104 valence electrons. The molecule has 0 amide bonds. The molecule has 1 heterocycles. The van der Waals surface area contributed by atoms with E-state index in [0.717, 1.165) is 39.0 Å². The summed E-state index contributed by atoms with van der Waals surface area (Å²) < 4.78 is 0. The largest absolute Gasteiger partial charge is 0.480 e. The monoisotopic (exact) mass is 255 g/mol. The number of aliphatic carboxylic acids is 1. The zero-order valence-corrected chi connectivity index (χ0v) is 11.4. The lowest BCUT2D eigenvalue weighted by atomic mass is 10.1. The molecule has 2 fully saturated rings. The summed E-state index contributed by atoms with van der Waals surface area (Å²) in [7, 11) is 2.14. The summed E-state index contributed by atoms with van der Waals surface area (Å²) in [4.78, 5) is 15.9. The summed E-state index contributed by atoms with van der Waals surface area (Å²) in [5, 5.41) is 12.4. The van der Waals surface area contributed by atoms with E-state index in [2.05, 4.69) is 29.1 Å². The van der Waals surface area contributed by atoms with Crippen molar-refractivity contribution in [2.45, 2.75) is 44.3 Å². The number of hydrogen-bond donors (Lipinski definition) is 2. The molecular weight excluding hydrogens is 230 g/mol. The number of likely N-dealkylation sites (N-methyl/N-ethyl adjacent to an activating group) is 1. The molecule has 0 bridgehead atoms. The van der Waals surface area contributed by atoms with Crippen LogP contribution in [0.4, 0.5) is 0 Å². The quantitative estimate of drug-likeness (QED) is 0.711. The van der Waals surface area contributed by atoms with Crippen molar-refractivity contribution in [2.24, 2.45) is 0 Å². The normalized spacial score (nSPS) is 28.2. The van der Waals surface area contributed by atoms with E-state index >= 15 is 0 Å². The number of nitrogens with zero attached hydrogens (tertiary/aromatic N) is 2. The Balaban J connectivity index is 1.75. The van der Waals surface area contributed by atoms with Gasteiger partial charge in [0.05, 0.1) is 0 Å². The Morgan fingerprint density at radius 1 is 1.44 bits per heavy atom. The number of rotatable bonds is 6. The fraction of sp³-hybridized carbons (Fsp3) is 0.923. The Labute approximate surface area is 109 Å². The van der Waals surface area contributed by atoms with Gasteiger partial charge in [-0.15, -0.1) is 0 Å². The van der Waals surface area contributed by atoms with Gasteiger partial charge in [-0.25, -0.2) is 0 Å². The van der Waals surface area contributed by atoms with Crippen LogP contribution in [0, 0.1) is 0 Å². The third-order valence-corrected chi connectivity index (χ3v) is 3.99. The Morgan fingerprint density at radius 2 is 2.17 bits per heavy atom. The number of hydrogen-bond acceptors (Lipinski definition) is 4. The highest BCUT2D eigenvalue weighted by Crippen LogP contribution is 2.20. The van der Waals surface area contributed by atoms with E-state index in [9.17, 15) is 9.90 Å². The molecule has 1 aliphatic carbocycles. The topological polar surface area (TPSA) is 55.8 Å². The van der Waals surface area contributed by atoms with Gasteiger partial charge in [0.25, 0.3) is 0 Å². The van der Waals surface area contributed by atoms with Crippen LogP contribution in [0.25, 0.3) is 0 Å². The van der Waals surface area contributed by atoms with Crippen molar-refractivity contribution in [3.8, 4) is 0 Å². The number of nitrogens with one attached hydrogen (secondary N) is 1. The molecular formula is C13H25N3O2. The van der Waals surface area contributed by atoms with Gasteiger partial charge in [0.2, 0.25) is 0 Å². The molecule has 1 aliphatic heterocycles. The van der Waals surface area contributed by atoms with Crippen molar-refractivity contribution < 1.29 is 9.90 Å². The first-order valence-corrected chi connectivity index (χ1v) is 6.97. The first kappa shape index (κ1) is 13.8. The average Bonchev–Trinajstić information content (AvgIpc) is 3.09. The molecule has 1 saturated carbocycles. The Hall–Kier alpha value is -0.650. The van der Waals surface area contributed by atoms with Crippen LogP contribution in [0.1, 0.15) is 26.2 Å². The minimum absolute atomic E-state index is 0.371. The third-order valence-electron chi connectivity index (χ3n) is 3.99. The fourth-order valence-electron chi connectivity index (χ4n) is 2.62. The van der Waals surface area contributed by atoms with Gasteiger partial charge in [-0.05, 0) is 33.2 Å². The van der Waals surface area contributed by atoms with Crippen LogP contribution in [0.2, 0.25) is 0 Å². The summed E-state index contributed by atoms with van der Waals surface area (Å²) in [6.45, 7) is 6.31. The second-order valence-corrected chi connectivity index (χ2v) is 5.77. The lowest BCUT2D eigenvalue weighted by molar-refractivity contribution is -0.139. The van der Waals surface area contributed by atoms with E-state index in [4.69, 9.17) is 0 Å². The maximum Gasteiger partial charge on any atom is 0.320 e. The number of piperazine rings is 1. The Morgan fingerprint density at radius 3 is 2.72 bits per heavy atom. The molecule has 5 nitrogen and oxygen atoms in total. The maximum absolute atomic E-state index is 11.2. The Bertz CT molecular complexity index is 294. The molecule has 1 saturated heterocycles. The van der Waals surface area contributed by atoms with Gasteiger partial charge >= 0.3 is 5.97 Å². The number of carbonyl (C=O) groups is 1. The van der Waals surface area contributed by atoms with Crippen LogP contribution >= 0.6 is 0 Å². The molecule has 0 aromatic heterocycles. The minimum atomic E-state index is -0.705. The van der Waals surface area contributed by atoms with Crippen molar-refractivity contribution in [1.82, 2.24) is 15.1 Å². The van der Waals surface area contributed by atoms with Crippen molar-refractivity contribution in [1.29, 1.82) is 0 Å². The van der Waals surface area contributed by atoms with Gasteiger partial charge < -0.3 is 15.3 Å². The molecule has 18 heavy (non-hydrogen) atoms. The second-order valence-electron chi connectivity index (χ2n) is 5.77. The molecule has 2 unspecified atom stereocenters. The highest BCUT2D eigenvalue weighted by Gasteiger charge is 2.29. The standard InChI is InChI=1S/C13H25N3O2/c1-10-9-15(2)7-8-16(10)6-5-12(13(17)18)14-11-3-4-11/h10-12,14H,3-9H2,1-2H3,(H,17,18). The van der Waals surface area contributed by atoms with Crippen molar-refractivity contribution in [3.05, 3.63) is 0 Å². The summed E-state index contributed by atoms with van der Waals surface area (Å²) in [5.74, 6) is -0.705. The van der Waals surface area contributed by atoms with E-state index in [-0.39, 0.29) is 6.04 Å². The lowest BCUT2D eigenvalue weighted by Gasteiger charge is -2.38.